The maximum atomic E-state index is 14.5. The highest BCUT2D eigenvalue weighted by atomic mass is 31.2. The van der Waals surface area contributed by atoms with Gasteiger partial charge in [0, 0.05) is 17.4 Å². The maximum absolute atomic E-state index is 14.5. The van der Waals surface area contributed by atoms with E-state index in [9.17, 15) is 9.36 Å². The van der Waals surface area contributed by atoms with Crippen molar-refractivity contribution in [3.8, 4) is 5.75 Å². The van der Waals surface area contributed by atoms with Gasteiger partial charge in [0.2, 0.25) is 0 Å². The van der Waals surface area contributed by atoms with Crippen LogP contribution < -0.4 is 15.3 Å². The summed E-state index contributed by atoms with van der Waals surface area (Å²) in [6, 6.07) is 19.3. The van der Waals surface area contributed by atoms with Gasteiger partial charge in [0.15, 0.2) is 5.82 Å². The molecule has 238 valence electrons. The van der Waals surface area contributed by atoms with E-state index < -0.39 is 31.4 Å². The van der Waals surface area contributed by atoms with Gasteiger partial charge in [0.25, 0.3) is 0 Å². The number of imidazole rings is 1. The number of para-hydroxylation sites is 1. The predicted molar refractivity (Wildman–Crippen MR) is 176 cm³/mol. The second kappa shape index (κ2) is 13.1. The van der Waals surface area contributed by atoms with Crippen LogP contribution >= 0.6 is 7.75 Å². The number of carbonyl (C=O) groups excluding carboxylic acids is 1. The number of carbonyl (C=O) groups is 1. The molecule has 5 aromatic rings. The molecule has 3 atom stereocenters. The molecule has 0 saturated heterocycles. The van der Waals surface area contributed by atoms with Crippen LogP contribution in [0.25, 0.3) is 32.7 Å². The van der Waals surface area contributed by atoms with Gasteiger partial charge in [-0.1, -0.05) is 54.6 Å². The number of nitrogen functional groups attached to an aromatic ring is 1. The van der Waals surface area contributed by atoms with E-state index in [1.54, 1.807) is 33.8 Å². The maximum Gasteiger partial charge on any atom is 0.459 e. The van der Waals surface area contributed by atoms with Gasteiger partial charge in [0.1, 0.15) is 35.3 Å². The van der Waals surface area contributed by atoms with E-state index in [0.717, 1.165) is 27.2 Å². The zero-order valence-electron chi connectivity index (χ0n) is 26.4. The molecule has 2 aromatic heterocycles. The molecule has 0 aliphatic heterocycles. The largest absolute Gasteiger partial charge is 0.459 e. The monoisotopic (exact) mass is 633 g/mol. The van der Waals surface area contributed by atoms with Crippen LogP contribution in [0.15, 0.2) is 66.7 Å². The van der Waals surface area contributed by atoms with Crippen LogP contribution in [0.5, 0.6) is 5.75 Å². The van der Waals surface area contributed by atoms with Gasteiger partial charge < -0.3 is 24.3 Å². The van der Waals surface area contributed by atoms with Gasteiger partial charge in [-0.15, -0.1) is 0 Å². The van der Waals surface area contributed by atoms with Gasteiger partial charge in [-0.3, -0.25) is 9.32 Å². The zero-order chi connectivity index (χ0) is 32.4. The Kier molecular flexibility index (Phi) is 9.46. The summed E-state index contributed by atoms with van der Waals surface area (Å²) in [6.07, 6.45) is 0. The summed E-state index contributed by atoms with van der Waals surface area (Å²) in [5.41, 5.74) is 7.65. The molecule has 0 fully saturated rings. The fourth-order valence-corrected chi connectivity index (χ4v) is 6.68. The fourth-order valence-electron chi connectivity index (χ4n) is 5.09. The third-order valence-corrected chi connectivity index (χ3v) is 8.70. The first-order chi connectivity index (χ1) is 21.4. The van der Waals surface area contributed by atoms with Crippen LogP contribution in [0.3, 0.4) is 0 Å². The van der Waals surface area contributed by atoms with Crippen molar-refractivity contribution in [1.29, 1.82) is 0 Å². The molecule has 3 N–H and O–H groups in total. The molecule has 5 rings (SSSR count). The standard InChI is InChI=1S/C33H40N5O6P/c1-7-41-20-28-36-29-30(25-16-10-11-17-26(25)35-31(29)34)38(28)21(2)19-42-45(40,37-22(3)32(39)43-33(4,5)6)44-27-18-12-14-23-13-8-9-15-24(23)27/h8-18,21-22H,7,19-20H2,1-6H3,(H2,34,35)(H,37,40)/t21-,22+,45+/m1/s1. The normalized spacial score (nSPS) is 14.8. The average molecular weight is 634 g/mol. The minimum atomic E-state index is -4.18. The molecule has 0 unspecified atom stereocenters. The zero-order valence-corrected chi connectivity index (χ0v) is 27.3. The molecule has 0 amide bonds. The van der Waals surface area contributed by atoms with E-state index in [2.05, 4.69) is 10.1 Å². The van der Waals surface area contributed by atoms with Crippen LogP contribution in [0.4, 0.5) is 5.82 Å². The first kappa shape index (κ1) is 32.4. The molecule has 0 spiro atoms. The summed E-state index contributed by atoms with van der Waals surface area (Å²) >= 11 is 0. The van der Waals surface area contributed by atoms with Gasteiger partial charge in [-0.05, 0) is 59.1 Å². The number of esters is 1. The highest BCUT2D eigenvalue weighted by Crippen LogP contribution is 2.47. The lowest BCUT2D eigenvalue weighted by Crippen LogP contribution is -2.39. The molecule has 12 heteroatoms. The molecule has 45 heavy (non-hydrogen) atoms. The summed E-state index contributed by atoms with van der Waals surface area (Å²) in [6.45, 7) is 11.3. The Bertz CT molecular complexity index is 1880. The number of rotatable bonds is 12. The Labute approximate surface area is 262 Å². The number of aromatic nitrogens is 3. The second-order valence-electron chi connectivity index (χ2n) is 11.8. The number of fused-ring (bicyclic) bond motifs is 4. The van der Waals surface area contributed by atoms with Crippen LogP contribution in [0.2, 0.25) is 0 Å². The van der Waals surface area contributed by atoms with Gasteiger partial charge in [-0.2, -0.15) is 5.09 Å². The van der Waals surface area contributed by atoms with Crippen LogP contribution in [0, 0.1) is 0 Å². The lowest BCUT2D eigenvalue weighted by Gasteiger charge is -2.27. The summed E-state index contributed by atoms with van der Waals surface area (Å²) < 4.78 is 40.1. The Morgan fingerprint density at radius 2 is 1.69 bits per heavy atom. The first-order valence-corrected chi connectivity index (χ1v) is 16.5. The van der Waals surface area contributed by atoms with Gasteiger partial charge in [-0.25, -0.2) is 14.5 Å². The molecule has 0 aliphatic carbocycles. The van der Waals surface area contributed by atoms with Crippen molar-refractivity contribution >= 4 is 52.2 Å². The first-order valence-electron chi connectivity index (χ1n) is 14.9. The summed E-state index contributed by atoms with van der Waals surface area (Å²) in [5, 5.41) is 5.32. The van der Waals surface area contributed by atoms with Gasteiger partial charge in [0.05, 0.1) is 23.7 Å². The minimum absolute atomic E-state index is 0.0722. The number of nitrogens with zero attached hydrogens (tertiary/aromatic N) is 3. The number of pyridine rings is 1. The lowest BCUT2D eigenvalue weighted by molar-refractivity contribution is -0.156. The second-order valence-corrected chi connectivity index (χ2v) is 13.5. The molecule has 3 aromatic carbocycles. The van der Waals surface area contributed by atoms with E-state index >= 15 is 0 Å². The molecular formula is C33H40N5O6P. The van der Waals surface area contributed by atoms with E-state index in [0.29, 0.717) is 29.5 Å². The molecule has 11 nitrogen and oxygen atoms in total. The van der Waals surface area contributed by atoms with Crippen molar-refractivity contribution < 1.29 is 27.9 Å². The van der Waals surface area contributed by atoms with Crippen molar-refractivity contribution in [2.45, 2.75) is 65.8 Å². The van der Waals surface area contributed by atoms with E-state index in [1.165, 1.54) is 0 Å². The van der Waals surface area contributed by atoms with Crippen LogP contribution in [-0.2, 0) is 30.0 Å². The average Bonchev–Trinajstić information content (AvgIpc) is 3.39. The predicted octanol–water partition coefficient (Wildman–Crippen LogP) is 6.94. The number of benzene rings is 3. The summed E-state index contributed by atoms with van der Waals surface area (Å²) in [5.74, 6) is 0.677. The quantitative estimate of drug-likeness (QED) is 0.110. The number of anilines is 1. The SMILES string of the molecule is CCOCc1nc2c(N)nc3ccccc3c2n1[C@H](C)CO[P@@](=O)(N[C@@H](C)C(=O)OC(C)(C)C)Oc1cccc2ccccc12. The topological polar surface area (TPSA) is 140 Å². The molecular weight excluding hydrogens is 593 g/mol. The molecule has 0 saturated carbocycles. The number of nitrogens with one attached hydrogen (secondary N) is 1. The number of hydrogen-bond donors (Lipinski definition) is 2. The smallest absolute Gasteiger partial charge is 0.459 e. The lowest BCUT2D eigenvalue weighted by atomic mass is 10.1. The third kappa shape index (κ3) is 7.28. The van der Waals surface area contributed by atoms with Gasteiger partial charge >= 0.3 is 13.7 Å². The highest BCUT2D eigenvalue weighted by molar-refractivity contribution is 7.52. The van der Waals surface area contributed by atoms with Crippen molar-refractivity contribution in [2.24, 2.45) is 0 Å². The van der Waals surface area contributed by atoms with Crippen molar-refractivity contribution in [1.82, 2.24) is 19.6 Å². The minimum Gasteiger partial charge on any atom is -0.459 e. The Morgan fingerprint density at radius 3 is 2.42 bits per heavy atom. The molecule has 0 radical (unpaired) electrons. The van der Waals surface area contributed by atoms with Crippen molar-refractivity contribution in [3.05, 3.63) is 72.6 Å². The molecule has 0 aliphatic rings. The highest BCUT2D eigenvalue weighted by Gasteiger charge is 2.35. The number of hydrogen-bond acceptors (Lipinski definition) is 9. The molecule has 0 bridgehead atoms. The number of ether oxygens (including phenoxy) is 2. The van der Waals surface area contributed by atoms with E-state index in [1.807, 2.05) is 79.1 Å². The Hall–Kier alpha value is -4.02. The van der Waals surface area contributed by atoms with Crippen LogP contribution in [-0.4, -0.2) is 45.4 Å². The van der Waals surface area contributed by atoms with E-state index in [-0.39, 0.29) is 13.2 Å². The summed E-state index contributed by atoms with van der Waals surface area (Å²) in [7, 11) is -4.18. The summed E-state index contributed by atoms with van der Waals surface area (Å²) in [4.78, 5) is 22.2. The molecule has 2 heterocycles. The van der Waals surface area contributed by atoms with Crippen molar-refractivity contribution in [3.63, 3.8) is 0 Å². The Morgan fingerprint density at radius 1 is 1.00 bits per heavy atom. The van der Waals surface area contributed by atoms with Crippen molar-refractivity contribution in [2.75, 3.05) is 18.9 Å². The number of nitrogens with two attached hydrogens (primary N) is 1. The van der Waals surface area contributed by atoms with Crippen LogP contribution in [0.1, 0.15) is 53.4 Å². The third-order valence-electron chi connectivity index (χ3n) is 7.07. The van der Waals surface area contributed by atoms with E-state index in [4.69, 9.17) is 29.2 Å². The Balaban J connectivity index is 1.51. The fraction of sp³-hybridized carbons (Fsp3) is 0.364.